The standard InChI is InChI=1S/C17H27BN2O2/c1-4-17(21)20(16-10-6-5-7-11-16)14(2)15-9-8-12-19(13-15)18(3)22/h5-7,10-11,14-15,22H,4,8-9,12-13H2,1-3H3. The summed E-state index contributed by atoms with van der Waals surface area (Å²) in [5.41, 5.74) is 0.969. The fraction of sp³-hybridized carbons (Fsp3) is 0.588. The van der Waals surface area contributed by atoms with Gasteiger partial charge in [-0.15, -0.1) is 0 Å². The number of piperidine rings is 1. The second kappa shape index (κ2) is 7.79. The van der Waals surface area contributed by atoms with Crippen molar-refractivity contribution in [3.63, 3.8) is 0 Å². The summed E-state index contributed by atoms with van der Waals surface area (Å²) in [5.74, 6) is 0.548. The van der Waals surface area contributed by atoms with Gasteiger partial charge in [0.25, 0.3) is 0 Å². The number of hydrogen-bond donors (Lipinski definition) is 1. The van der Waals surface area contributed by atoms with E-state index in [0.717, 1.165) is 31.6 Å². The topological polar surface area (TPSA) is 43.8 Å². The Kier molecular flexibility index (Phi) is 6.03. The fourth-order valence-electron chi connectivity index (χ4n) is 3.35. The minimum absolute atomic E-state index is 0.136. The molecule has 1 aromatic carbocycles. The molecular formula is C17H27BN2O2. The van der Waals surface area contributed by atoms with Crippen LogP contribution >= 0.6 is 0 Å². The summed E-state index contributed by atoms with van der Waals surface area (Å²) in [7, 11) is -0.415. The van der Waals surface area contributed by atoms with Crippen LogP contribution in [-0.2, 0) is 4.79 Å². The van der Waals surface area contributed by atoms with E-state index >= 15 is 0 Å². The monoisotopic (exact) mass is 302 g/mol. The van der Waals surface area contributed by atoms with Crippen LogP contribution in [0, 0.1) is 5.92 Å². The molecule has 1 aliphatic heterocycles. The smallest absolute Gasteiger partial charge is 0.376 e. The first kappa shape index (κ1) is 17.0. The van der Waals surface area contributed by atoms with E-state index in [2.05, 4.69) is 11.7 Å². The van der Waals surface area contributed by atoms with Gasteiger partial charge in [0.1, 0.15) is 0 Å². The molecule has 0 bridgehead atoms. The summed E-state index contributed by atoms with van der Waals surface area (Å²) >= 11 is 0. The van der Waals surface area contributed by atoms with Crippen molar-refractivity contribution in [2.45, 2.75) is 46.0 Å². The number of hydrogen-bond acceptors (Lipinski definition) is 3. The summed E-state index contributed by atoms with van der Waals surface area (Å²) in [6.07, 6.45) is 2.68. The normalized spacial score (nSPS) is 20.5. The van der Waals surface area contributed by atoms with E-state index in [1.807, 2.05) is 49.0 Å². The van der Waals surface area contributed by atoms with Gasteiger partial charge in [0.15, 0.2) is 0 Å². The van der Waals surface area contributed by atoms with Crippen LogP contribution in [0.5, 0.6) is 0 Å². The van der Waals surface area contributed by atoms with E-state index in [4.69, 9.17) is 0 Å². The van der Waals surface area contributed by atoms with Crippen LogP contribution in [0.15, 0.2) is 30.3 Å². The van der Waals surface area contributed by atoms with Gasteiger partial charge >= 0.3 is 7.05 Å². The van der Waals surface area contributed by atoms with Crippen LogP contribution in [-0.4, -0.2) is 41.9 Å². The molecule has 1 aliphatic rings. The van der Waals surface area contributed by atoms with E-state index in [1.54, 1.807) is 0 Å². The van der Waals surface area contributed by atoms with Gasteiger partial charge in [-0.1, -0.05) is 25.1 Å². The van der Waals surface area contributed by atoms with E-state index in [-0.39, 0.29) is 11.9 Å². The van der Waals surface area contributed by atoms with Crippen molar-refractivity contribution < 1.29 is 9.82 Å². The number of amides is 1. The van der Waals surface area contributed by atoms with Gasteiger partial charge in [0.05, 0.1) is 0 Å². The molecule has 0 aromatic heterocycles. The van der Waals surface area contributed by atoms with Gasteiger partial charge in [0, 0.05) is 18.2 Å². The lowest BCUT2D eigenvalue weighted by Crippen LogP contribution is -2.51. The lowest BCUT2D eigenvalue weighted by molar-refractivity contribution is -0.119. The third-order valence-electron chi connectivity index (χ3n) is 4.71. The molecule has 0 radical (unpaired) electrons. The van der Waals surface area contributed by atoms with Gasteiger partial charge in [-0.3, -0.25) is 4.79 Å². The second-order valence-corrected chi connectivity index (χ2v) is 6.22. The van der Waals surface area contributed by atoms with Crippen molar-refractivity contribution in [3.05, 3.63) is 30.3 Å². The third-order valence-corrected chi connectivity index (χ3v) is 4.71. The Hall–Kier alpha value is -1.33. The Morgan fingerprint density at radius 3 is 2.73 bits per heavy atom. The molecule has 2 unspecified atom stereocenters. The maximum atomic E-state index is 12.5. The SMILES string of the molecule is CCC(=O)N(c1ccccc1)C(C)C1CCCN(B(C)O)C1. The lowest BCUT2D eigenvalue weighted by atomic mass is 9.79. The highest BCUT2D eigenvalue weighted by Crippen LogP contribution is 2.27. The van der Waals surface area contributed by atoms with Gasteiger partial charge < -0.3 is 14.7 Å². The Bertz CT molecular complexity index is 481. The van der Waals surface area contributed by atoms with E-state index in [1.165, 1.54) is 0 Å². The first-order chi connectivity index (χ1) is 10.5. The quantitative estimate of drug-likeness (QED) is 0.850. The molecule has 120 valence electrons. The molecule has 1 aromatic rings. The maximum Gasteiger partial charge on any atom is 0.376 e. The van der Waals surface area contributed by atoms with Crippen LogP contribution in [0.2, 0.25) is 6.82 Å². The average molecular weight is 302 g/mol. The molecule has 4 nitrogen and oxygen atoms in total. The zero-order chi connectivity index (χ0) is 16.1. The molecule has 0 spiro atoms. The molecular weight excluding hydrogens is 275 g/mol. The first-order valence-corrected chi connectivity index (χ1v) is 8.33. The van der Waals surface area contributed by atoms with Crippen molar-refractivity contribution in [1.29, 1.82) is 0 Å². The van der Waals surface area contributed by atoms with Crippen LogP contribution in [0.1, 0.15) is 33.1 Å². The van der Waals surface area contributed by atoms with E-state index < -0.39 is 7.05 Å². The number of nitrogens with zero attached hydrogens (tertiary/aromatic N) is 2. The van der Waals surface area contributed by atoms with Crippen LogP contribution in [0.3, 0.4) is 0 Å². The molecule has 22 heavy (non-hydrogen) atoms. The molecule has 1 amide bonds. The predicted octanol–water partition coefficient (Wildman–Crippen LogP) is 2.64. The molecule has 0 aliphatic carbocycles. The summed E-state index contributed by atoms with van der Waals surface area (Å²) in [6, 6.07) is 10.1. The molecule has 1 heterocycles. The minimum atomic E-state index is -0.415. The van der Waals surface area contributed by atoms with E-state index in [0.29, 0.717) is 12.3 Å². The van der Waals surface area contributed by atoms with Gasteiger partial charge in [-0.25, -0.2) is 0 Å². The lowest BCUT2D eigenvalue weighted by Gasteiger charge is -2.41. The molecule has 1 fully saturated rings. The van der Waals surface area contributed by atoms with Crippen LogP contribution in [0.4, 0.5) is 5.69 Å². The van der Waals surface area contributed by atoms with Gasteiger partial charge in [-0.2, -0.15) is 0 Å². The van der Waals surface area contributed by atoms with Crippen molar-refractivity contribution in [2.24, 2.45) is 5.92 Å². The summed E-state index contributed by atoms with van der Waals surface area (Å²) in [6.45, 7) is 7.65. The number of carbonyl (C=O) groups is 1. The Morgan fingerprint density at radius 2 is 2.14 bits per heavy atom. The second-order valence-electron chi connectivity index (χ2n) is 6.22. The van der Waals surface area contributed by atoms with Crippen LogP contribution < -0.4 is 4.90 Å². The number of rotatable bonds is 5. The summed E-state index contributed by atoms with van der Waals surface area (Å²) in [5, 5.41) is 9.83. The average Bonchev–Trinajstić information content (AvgIpc) is 2.55. The molecule has 2 atom stereocenters. The van der Waals surface area contributed by atoms with Crippen molar-refractivity contribution in [1.82, 2.24) is 4.81 Å². The van der Waals surface area contributed by atoms with Crippen molar-refractivity contribution >= 4 is 18.6 Å². The van der Waals surface area contributed by atoms with Crippen molar-refractivity contribution in [2.75, 3.05) is 18.0 Å². The van der Waals surface area contributed by atoms with Gasteiger partial charge in [-0.05, 0) is 57.7 Å². The van der Waals surface area contributed by atoms with E-state index in [9.17, 15) is 9.82 Å². The first-order valence-electron chi connectivity index (χ1n) is 8.33. The summed E-state index contributed by atoms with van der Waals surface area (Å²) < 4.78 is 0. The number of para-hydroxylation sites is 1. The highest BCUT2D eigenvalue weighted by Gasteiger charge is 2.32. The number of anilines is 1. The van der Waals surface area contributed by atoms with Crippen molar-refractivity contribution in [3.8, 4) is 0 Å². The zero-order valence-corrected chi connectivity index (χ0v) is 13.9. The number of carbonyl (C=O) groups excluding carboxylic acids is 1. The summed E-state index contributed by atoms with van der Waals surface area (Å²) in [4.78, 5) is 16.5. The maximum absolute atomic E-state index is 12.5. The predicted molar refractivity (Wildman–Crippen MR) is 91.8 cm³/mol. The zero-order valence-electron chi connectivity index (χ0n) is 13.9. The highest BCUT2D eigenvalue weighted by atomic mass is 16.2. The molecule has 5 heteroatoms. The Morgan fingerprint density at radius 1 is 1.45 bits per heavy atom. The minimum Gasteiger partial charge on any atom is -0.437 e. The Labute approximate surface area is 134 Å². The molecule has 0 saturated carbocycles. The molecule has 2 rings (SSSR count). The highest BCUT2D eigenvalue weighted by molar-refractivity contribution is 6.45. The third kappa shape index (κ3) is 3.90. The van der Waals surface area contributed by atoms with Gasteiger partial charge in [0.2, 0.25) is 5.91 Å². The largest absolute Gasteiger partial charge is 0.437 e. The molecule has 1 N–H and O–H groups in total. The van der Waals surface area contributed by atoms with Crippen LogP contribution in [0.25, 0.3) is 0 Å². The molecule has 1 saturated heterocycles. The Balaban J connectivity index is 2.18. The number of benzene rings is 1. The fourth-order valence-corrected chi connectivity index (χ4v) is 3.35.